The van der Waals surface area contributed by atoms with Gasteiger partial charge in [-0.3, -0.25) is 0 Å². The summed E-state index contributed by atoms with van der Waals surface area (Å²) < 4.78 is 13.4. The maximum Gasteiger partial charge on any atom is 0.134 e. The maximum atomic E-state index is 13.4. The van der Waals surface area contributed by atoms with E-state index in [9.17, 15) is 4.39 Å². The van der Waals surface area contributed by atoms with Gasteiger partial charge in [0, 0.05) is 54.9 Å². The van der Waals surface area contributed by atoms with E-state index in [-0.39, 0.29) is 5.82 Å². The first-order valence-corrected chi connectivity index (χ1v) is 10.1. The van der Waals surface area contributed by atoms with Gasteiger partial charge in [-0.2, -0.15) is 0 Å². The standard InChI is InChI=1S/C22H24FN5/c23-17-4-5-18-19(14-24-20(18)12-17)16-6-10-28(11-7-16)22-13-21(25-15-26-22)27-8-2-1-3-9-27/h4-6,12-15,24H,1-3,7-11H2. The monoisotopic (exact) mass is 377 g/mol. The van der Waals surface area contributed by atoms with Crippen molar-refractivity contribution in [1.82, 2.24) is 15.0 Å². The molecule has 0 saturated carbocycles. The molecule has 0 radical (unpaired) electrons. The Bertz CT molecular complexity index is 1020. The Morgan fingerprint density at radius 3 is 2.54 bits per heavy atom. The fraction of sp³-hybridized carbons (Fsp3) is 0.364. The lowest BCUT2D eigenvalue weighted by atomic mass is 9.99. The predicted molar refractivity (Wildman–Crippen MR) is 111 cm³/mol. The third kappa shape index (κ3) is 3.23. The van der Waals surface area contributed by atoms with Gasteiger partial charge in [-0.25, -0.2) is 14.4 Å². The molecular formula is C22H24FN5. The molecule has 2 aromatic heterocycles. The van der Waals surface area contributed by atoms with Gasteiger partial charge in [-0.1, -0.05) is 6.08 Å². The summed E-state index contributed by atoms with van der Waals surface area (Å²) >= 11 is 0. The molecule has 0 spiro atoms. The Labute approximate surface area is 163 Å². The first kappa shape index (κ1) is 17.2. The molecule has 1 saturated heterocycles. The van der Waals surface area contributed by atoms with E-state index >= 15 is 0 Å². The van der Waals surface area contributed by atoms with Crippen molar-refractivity contribution in [3.63, 3.8) is 0 Å². The minimum atomic E-state index is -0.210. The van der Waals surface area contributed by atoms with E-state index in [2.05, 4.69) is 36.9 Å². The van der Waals surface area contributed by atoms with Crippen LogP contribution in [0.3, 0.4) is 0 Å². The molecule has 0 bridgehead atoms. The second-order valence-electron chi connectivity index (χ2n) is 7.60. The molecule has 4 heterocycles. The van der Waals surface area contributed by atoms with Crippen molar-refractivity contribution >= 4 is 28.1 Å². The lowest BCUT2D eigenvalue weighted by Crippen LogP contribution is -2.32. The summed E-state index contributed by atoms with van der Waals surface area (Å²) in [4.78, 5) is 16.9. The van der Waals surface area contributed by atoms with Crippen molar-refractivity contribution in [2.75, 3.05) is 36.0 Å². The average molecular weight is 377 g/mol. The predicted octanol–water partition coefficient (Wildman–Crippen LogP) is 4.38. The largest absolute Gasteiger partial charge is 0.360 e. The third-order valence-corrected chi connectivity index (χ3v) is 5.84. The first-order valence-electron chi connectivity index (χ1n) is 10.1. The van der Waals surface area contributed by atoms with E-state index in [1.807, 2.05) is 12.3 Å². The smallest absolute Gasteiger partial charge is 0.134 e. The minimum Gasteiger partial charge on any atom is -0.360 e. The highest BCUT2D eigenvalue weighted by molar-refractivity contribution is 5.93. The molecule has 2 aliphatic heterocycles. The van der Waals surface area contributed by atoms with Crippen LogP contribution >= 0.6 is 0 Å². The lowest BCUT2D eigenvalue weighted by molar-refractivity contribution is 0.573. The van der Waals surface area contributed by atoms with Crippen molar-refractivity contribution in [2.45, 2.75) is 25.7 Å². The number of piperidine rings is 1. The third-order valence-electron chi connectivity index (χ3n) is 5.84. The SMILES string of the molecule is Fc1ccc2c(C3=CCN(c4cc(N5CCCCC5)ncn4)CC3)c[nH]c2c1. The van der Waals surface area contributed by atoms with E-state index in [0.717, 1.165) is 55.1 Å². The van der Waals surface area contributed by atoms with E-state index in [1.165, 1.54) is 36.5 Å². The van der Waals surface area contributed by atoms with Crippen LogP contribution in [0.15, 0.2) is 42.9 Å². The summed E-state index contributed by atoms with van der Waals surface area (Å²) in [6.45, 7) is 3.90. The quantitative estimate of drug-likeness (QED) is 0.736. The molecule has 1 N–H and O–H groups in total. The number of fused-ring (bicyclic) bond motifs is 1. The highest BCUT2D eigenvalue weighted by Crippen LogP contribution is 2.31. The maximum absolute atomic E-state index is 13.4. The van der Waals surface area contributed by atoms with Crippen LogP contribution in [-0.2, 0) is 0 Å². The van der Waals surface area contributed by atoms with Crippen LogP contribution in [0.4, 0.5) is 16.0 Å². The normalized spacial score (nSPS) is 17.8. The molecule has 0 aliphatic carbocycles. The molecule has 28 heavy (non-hydrogen) atoms. The van der Waals surface area contributed by atoms with E-state index in [1.54, 1.807) is 12.4 Å². The van der Waals surface area contributed by atoms with Gasteiger partial charge in [0.25, 0.3) is 0 Å². The summed E-state index contributed by atoms with van der Waals surface area (Å²) in [7, 11) is 0. The van der Waals surface area contributed by atoms with Crippen molar-refractivity contribution in [3.8, 4) is 0 Å². The van der Waals surface area contributed by atoms with Gasteiger partial charge in [0.2, 0.25) is 0 Å². The van der Waals surface area contributed by atoms with Gasteiger partial charge in [0.1, 0.15) is 23.8 Å². The van der Waals surface area contributed by atoms with Crippen LogP contribution in [0.1, 0.15) is 31.2 Å². The van der Waals surface area contributed by atoms with Gasteiger partial charge < -0.3 is 14.8 Å². The number of halogens is 1. The summed E-state index contributed by atoms with van der Waals surface area (Å²) in [5, 5.41) is 1.08. The zero-order chi connectivity index (χ0) is 18.9. The van der Waals surface area contributed by atoms with Gasteiger partial charge >= 0.3 is 0 Å². The molecule has 3 aromatic rings. The molecule has 144 valence electrons. The molecule has 6 heteroatoms. The molecule has 1 aromatic carbocycles. The number of hydrogen-bond donors (Lipinski definition) is 1. The lowest BCUT2D eigenvalue weighted by Gasteiger charge is -2.30. The number of aromatic amines is 1. The van der Waals surface area contributed by atoms with Crippen LogP contribution in [-0.4, -0.2) is 41.1 Å². The van der Waals surface area contributed by atoms with Crippen molar-refractivity contribution in [1.29, 1.82) is 0 Å². The number of hydrogen-bond acceptors (Lipinski definition) is 4. The zero-order valence-electron chi connectivity index (χ0n) is 15.9. The van der Waals surface area contributed by atoms with Crippen molar-refractivity contribution < 1.29 is 4.39 Å². The number of anilines is 2. The van der Waals surface area contributed by atoms with Crippen LogP contribution < -0.4 is 9.80 Å². The van der Waals surface area contributed by atoms with E-state index in [4.69, 9.17) is 0 Å². The van der Waals surface area contributed by atoms with Gasteiger partial charge in [-0.05, 0) is 49.5 Å². The topological polar surface area (TPSA) is 48.1 Å². The Morgan fingerprint density at radius 1 is 0.929 bits per heavy atom. The fourth-order valence-electron chi connectivity index (χ4n) is 4.29. The molecular weight excluding hydrogens is 353 g/mol. The number of nitrogens with one attached hydrogen (secondary N) is 1. The molecule has 2 aliphatic rings. The Morgan fingerprint density at radius 2 is 1.75 bits per heavy atom. The number of aromatic nitrogens is 3. The summed E-state index contributed by atoms with van der Waals surface area (Å²) in [5.41, 5.74) is 3.33. The number of rotatable bonds is 3. The second kappa shape index (κ2) is 7.26. The van der Waals surface area contributed by atoms with Gasteiger partial charge in [-0.15, -0.1) is 0 Å². The molecule has 5 nitrogen and oxygen atoms in total. The Kier molecular flexibility index (Phi) is 4.47. The van der Waals surface area contributed by atoms with Crippen molar-refractivity contribution in [2.24, 2.45) is 0 Å². The minimum absolute atomic E-state index is 0.210. The molecule has 0 amide bonds. The number of benzene rings is 1. The fourth-order valence-corrected chi connectivity index (χ4v) is 4.29. The molecule has 1 fully saturated rings. The first-order chi connectivity index (χ1) is 13.8. The van der Waals surface area contributed by atoms with Gasteiger partial charge in [0.15, 0.2) is 0 Å². The van der Waals surface area contributed by atoms with E-state index in [0.29, 0.717) is 0 Å². The highest BCUT2D eigenvalue weighted by Gasteiger charge is 2.19. The number of nitrogens with zero attached hydrogens (tertiary/aromatic N) is 4. The van der Waals surface area contributed by atoms with Crippen LogP contribution in [0.25, 0.3) is 16.5 Å². The van der Waals surface area contributed by atoms with Crippen LogP contribution in [0.2, 0.25) is 0 Å². The van der Waals surface area contributed by atoms with Crippen LogP contribution in [0.5, 0.6) is 0 Å². The molecule has 0 unspecified atom stereocenters. The summed E-state index contributed by atoms with van der Waals surface area (Å²) in [6.07, 6.45) is 10.7. The average Bonchev–Trinajstić information content (AvgIpc) is 3.17. The molecule has 0 atom stereocenters. The Balaban J connectivity index is 1.35. The Hall–Kier alpha value is -2.89. The molecule has 5 rings (SSSR count). The summed E-state index contributed by atoms with van der Waals surface area (Å²) in [6, 6.07) is 7.06. The summed E-state index contributed by atoms with van der Waals surface area (Å²) in [5.74, 6) is 1.82. The second-order valence-corrected chi connectivity index (χ2v) is 7.60. The highest BCUT2D eigenvalue weighted by atomic mass is 19.1. The number of H-pyrrole nitrogens is 1. The van der Waals surface area contributed by atoms with Crippen LogP contribution in [0, 0.1) is 5.82 Å². The van der Waals surface area contributed by atoms with E-state index < -0.39 is 0 Å². The van der Waals surface area contributed by atoms with Gasteiger partial charge in [0.05, 0.1) is 0 Å². The zero-order valence-corrected chi connectivity index (χ0v) is 15.9. The van der Waals surface area contributed by atoms with Crippen molar-refractivity contribution in [3.05, 3.63) is 54.2 Å².